The smallest absolute Gasteiger partial charge is 0.322 e. The van der Waals surface area contributed by atoms with Crippen LogP contribution in [0.15, 0.2) is 12.1 Å². The summed E-state index contributed by atoms with van der Waals surface area (Å²) in [6.45, 7) is 3.25. The van der Waals surface area contributed by atoms with Gasteiger partial charge in [0.25, 0.3) is 0 Å². The van der Waals surface area contributed by atoms with Gasteiger partial charge in [0.2, 0.25) is 0 Å². The molecule has 0 saturated carbocycles. The quantitative estimate of drug-likeness (QED) is 0.855. The van der Waals surface area contributed by atoms with Gasteiger partial charge >= 0.3 is 5.97 Å². The molecule has 6 heteroatoms. The fourth-order valence-electron chi connectivity index (χ4n) is 1.80. The average Bonchev–Trinajstić information content (AvgIpc) is 2.44. The number of rotatable bonds is 4. The van der Waals surface area contributed by atoms with Gasteiger partial charge in [0, 0.05) is 6.54 Å². The molecule has 1 N–H and O–H groups in total. The fraction of sp³-hybridized carbons (Fsp3) is 0.462. The second kappa shape index (κ2) is 6.12. The molecule has 0 fully saturated rings. The number of ether oxygens (including phenoxy) is 3. The molecule has 0 aliphatic carbocycles. The largest absolute Gasteiger partial charge is 0.486 e. The van der Waals surface area contributed by atoms with Gasteiger partial charge in [-0.15, -0.1) is 0 Å². The highest BCUT2D eigenvalue weighted by atomic mass is 35.5. The van der Waals surface area contributed by atoms with E-state index in [0.717, 1.165) is 5.56 Å². The second-order valence-corrected chi connectivity index (χ2v) is 4.63. The Balaban J connectivity index is 2.05. The van der Waals surface area contributed by atoms with Gasteiger partial charge in [0.15, 0.2) is 11.5 Å². The number of nitrogens with one attached hydrogen (secondary N) is 1. The summed E-state index contributed by atoms with van der Waals surface area (Å²) in [7, 11) is 1.36. The zero-order valence-corrected chi connectivity index (χ0v) is 11.6. The van der Waals surface area contributed by atoms with Gasteiger partial charge in [-0.1, -0.05) is 11.6 Å². The Morgan fingerprint density at radius 1 is 1.47 bits per heavy atom. The normalized spacial score (nSPS) is 14.9. The van der Waals surface area contributed by atoms with Gasteiger partial charge in [-0.05, 0) is 24.6 Å². The SMILES string of the molecule is COC(=O)[C@H](C)NCc1cc(Cl)c2c(c1)OCCO2. The van der Waals surface area contributed by atoms with Crippen molar-refractivity contribution in [1.29, 1.82) is 0 Å². The first-order chi connectivity index (χ1) is 9.11. The maximum Gasteiger partial charge on any atom is 0.322 e. The number of carbonyl (C=O) groups is 1. The topological polar surface area (TPSA) is 56.8 Å². The van der Waals surface area contributed by atoms with Crippen molar-refractivity contribution in [2.24, 2.45) is 0 Å². The van der Waals surface area contributed by atoms with Crippen LogP contribution in [0.3, 0.4) is 0 Å². The number of hydrogen-bond acceptors (Lipinski definition) is 5. The lowest BCUT2D eigenvalue weighted by atomic mass is 10.2. The van der Waals surface area contributed by atoms with Crippen LogP contribution < -0.4 is 14.8 Å². The Morgan fingerprint density at radius 2 is 2.21 bits per heavy atom. The van der Waals surface area contributed by atoms with Gasteiger partial charge in [-0.2, -0.15) is 0 Å². The molecule has 1 heterocycles. The number of methoxy groups -OCH3 is 1. The van der Waals surface area contributed by atoms with E-state index in [1.165, 1.54) is 7.11 Å². The minimum Gasteiger partial charge on any atom is -0.486 e. The summed E-state index contributed by atoms with van der Waals surface area (Å²) < 4.78 is 15.6. The third kappa shape index (κ3) is 3.30. The second-order valence-electron chi connectivity index (χ2n) is 4.23. The summed E-state index contributed by atoms with van der Waals surface area (Å²) in [6.07, 6.45) is 0. The fourth-order valence-corrected chi connectivity index (χ4v) is 2.09. The van der Waals surface area contributed by atoms with Gasteiger partial charge in [-0.25, -0.2) is 0 Å². The van der Waals surface area contributed by atoms with Gasteiger partial charge in [0.1, 0.15) is 19.3 Å². The Labute approximate surface area is 116 Å². The van der Waals surface area contributed by atoms with Crippen molar-refractivity contribution in [3.05, 3.63) is 22.7 Å². The van der Waals surface area contributed by atoms with Gasteiger partial charge < -0.3 is 19.5 Å². The Kier molecular flexibility index (Phi) is 4.50. The molecule has 1 aromatic rings. The molecule has 1 atom stereocenters. The van der Waals surface area contributed by atoms with Crippen LogP contribution in [-0.4, -0.2) is 32.3 Å². The van der Waals surface area contributed by atoms with Gasteiger partial charge in [0.05, 0.1) is 12.1 Å². The molecule has 19 heavy (non-hydrogen) atoms. The Bertz CT molecular complexity index is 478. The summed E-state index contributed by atoms with van der Waals surface area (Å²) >= 11 is 6.13. The van der Waals surface area contributed by atoms with Crippen LogP contribution in [0.4, 0.5) is 0 Å². The van der Waals surface area contributed by atoms with Crippen molar-refractivity contribution >= 4 is 17.6 Å². The number of halogens is 1. The van der Waals surface area contributed by atoms with Crippen molar-refractivity contribution in [2.75, 3.05) is 20.3 Å². The molecular formula is C13H16ClNO4. The summed E-state index contributed by atoms with van der Waals surface area (Å²) in [5.74, 6) is 0.919. The van der Waals surface area contributed by atoms with E-state index in [4.69, 9.17) is 21.1 Å². The van der Waals surface area contributed by atoms with Crippen molar-refractivity contribution in [3.8, 4) is 11.5 Å². The molecule has 2 rings (SSSR count). The molecule has 0 radical (unpaired) electrons. The van der Waals surface area contributed by atoms with Gasteiger partial charge in [-0.3, -0.25) is 4.79 Å². The van der Waals surface area contributed by atoms with E-state index in [1.54, 1.807) is 13.0 Å². The number of carbonyl (C=O) groups excluding carboxylic acids is 1. The average molecular weight is 286 g/mol. The molecule has 104 valence electrons. The van der Waals surface area contributed by atoms with E-state index in [-0.39, 0.29) is 12.0 Å². The molecule has 0 spiro atoms. The van der Waals surface area contributed by atoms with E-state index < -0.39 is 0 Å². The Morgan fingerprint density at radius 3 is 2.95 bits per heavy atom. The maximum atomic E-state index is 11.3. The van der Waals surface area contributed by atoms with Crippen molar-refractivity contribution in [2.45, 2.75) is 19.5 Å². The van der Waals surface area contributed by atoms with Crippen LogP contribution in [0.1, 0.15) is 12.5 Å². The lowest BCUT2D eigenvalue weighted by Crippen LogP contribution is -2.34. The lowest BCUT2D eigenvalue weighted by molar-refractivity contribution is -0.142. The zero-order valence-electron chi connectivity index (χ0n) is 10.9. The lowest BCUT2D eigenvalue weighted by Gasteiger charge is -2.20. The van der Waals surface area contributed by atoms with Crippen LogP contribution in [-0.2, 0) is 16.1 Å². The highest BCUT2D eigenvalue weighted by Crippen LogP contribution is 2.38. The molecule has 0 saturated heterocycles. The van der Waals surface area contributed by atoms with Crippen LogP contribution in [0.25, 0.3) is 0 Å². The molecular weight excluding hydrogens is 270 g/mol. The molecule has 0 amide bonds. The molecule has 1 aliphatic rings. The first kappa shape index (κ1) is 14.0. The third-order valence-corrected chi connectivity index (χ3v) is 3.10. The monoisotopic (exact) mass is 285 g/mol. The van der Waals surface area contributed by atoms with E-state index in [1.807, 2.05) is 6.07 Å². The molecule has 0 bridgehead atoms. The maximum absolute atomic E-state index is 11.3. The van der Waals surface area contributed by atoms with Crippen LogP contribution in [0, 0.1) is 0 Å². The highest BCUT2D eigenvalue weighted by molar-refractivity contribution is 6.32. The molecule has 0 unspecified atom stereocenters. The number of hydrogen-bond donors (Lipinski definition) is 1. The van der Waals surface area contributed by atoms with E-state index in [2.05, 4.69) is 10.1 Å². The summed E-state index contributed by atoms with van der Waals surface area (Å²) in [6, 6.07) is 3.28. The first-order valence-electron chi connectivity index (χ1n) is 6.01. The summed E-state index contributed by atoms with van der Waals surface area (Å²) in [5.41, 5.74) is 0.921. The van der Waals surface area contributed by atoms with E-state index in [9.17, 15) is 4.79 Å². The summed E-state index contributed by atoms with van der Waals surface area (Å²) in [5, 5.41) is 3.57. The van der Waals surface area contributed by atoms with Crippen LogP contribution in [0.5, 0.6) is 11.5 Å². The Hall–Kier alpha value is -1.46. The van der Waals surface area contributed by atoms with E-state index in [0.29, 0.717) is 36.3 Å². The van der Waals surface area contributed by atoms with Crippen molar-refractivity contribution < 1.29 is 19.0 Å². The minimum atomic E-state index is -0.378. The third-order valence-electron chi connectivity index (χ3n) is 2.82. The van der Waals surface area contributed by atoms with Crippen molar-refractivity contribution in [3.63, 3.8) is 0 Å². The highest BCUT2D eigenvalue weighted by Gasteiger charge is 2.17. The number of esters is 1. The number of fused-ring (bicyclic) bond motifs is 1. The predicted molar refractivity (Wildman–Crippen MR) is 70.8 cm³/mol. The van der Waals surface area contributed by atoms with Crippen LogP contribution >= 0.6 is 11.6 Å². The molecule has 1 aromatic carbocycles. The predicted octanol–water partition coefficient (Wildman–Crippen LogP) is 1.76. The number of benzene rings is 1. The first-order valence-corrected chi connectivity index (χ1v) is 6.39. The minimum absolute atomic E-state index is 0.302. The zero-order chi connectivity index (χ0) is 13.8. The standard InChI is InChI=1S/C13H16ClNO4/c1-8(13(16)17-2)15-7-9-5-10(14)12-11(6-9)18-3-4-19-12/h5-6,8,15H,3-4,7H2,1-2H3/t8-/m0/s1. The molecule has 1 aliphatic heterocycles. The molecule has 0 aromatic heterocycles. The van der Waals surface area contributed by atoms with Crippen LogP contribution in [0.2, 0.25) is 5.02 Å². The van der Waals surface area contributed by atoms with E-state index >= 15 is 0 Å². The molecule has 5 nitrogen and oxygen atoms in total. The summed E-state index contributed by atoms with van der Waals surface area (Å²) in [4.78, 5) is 11.3. The van der Waals surface area contributed by atoms with Crippen molar-refractivity contribution in [1.82, 2.24) is 5.32 Å².